The maximum atomic E-state index is 5.98. The van der Waals surface area contributed by atoms with Gasteiger partial charge in [-0.2, -0.15) is 10.1 Å². The van der Waals surface area contributed by atoms with Crippen LogP contribution in [0.5, 0.6) is 11.5 Å². The number of hydroxylamine groups is 2. The summed E-state index contributed by atoms with van der Waals surface area (Å²) in [5, 5.41) is 3.46. The lowest BCUT2D eigenvalue weighted by molar-refractivity contribution is -0.166. The van der Waals surface area contributed by atoms with Crippen molar-refractivity contribution in [1.82, 2.24) is 5.06 Å². The fourth-order valence-corrected chi connectivity index (χ4v) is 3.04. The Morgan fingerprint density at radius 1 is 1.11 bits per heavy atom. The van der Waals surface area contributed by atoms with E-state index in [1.165, 1.54) is 5.06 Å². The SMILES string of the molecule is COc1cc2ccccc2c(CON2C(N)=NC(N)=NC2(C)C)c1OC.Cl. The number of hydrogen-bond acceptors (Lipinski definition) is 8. The van der Waals surface area contributed by atoms with Crippen LogP contribution in [-0.4, -0.2) is 36.9 Å². The molecule has 1 aliphatic rings. The maximum absolute atomic E-state index is 5.98. The molecule has 0 bridgehead atoms. The van der Waals surface area contributed by atoms with E-state index in [0.29, 0.717) is 11.5 Å². The molecule has 2 aromatic carbocycles. The molecule has 27 heavy (non-hydrogen) atoms. The van der Waals surface area contributed by atoms with Crippen LogP contribution in [-0.2, 0) is 11.4 Å². The molecule has 0 atom stereocenters. The second-order valence-electron chi connectivity index (χ2n) is 6.31. The van der Waals surface area contributed by atoms with E-state index in [9.17, 15) is 0 Å². The van der Waals surface area contributed by atoms with E-state index in [2.05, 4.69) is 9.98 Å². The number of hydrogen-bond donors (Lipinski definition) is 2. The lowest BCUT2D eigenvalue weighted by Gasteiger charge is -2.36. The van der Waals surface area contributed by atoms with Crippen LogP contribution >= 0.6 is 12.4 Å². The summed E-state index contributed by atoms with van der Waals surface area (Å²) in [5.41, 5.74) is 11.7. The van der Waals surface area contributed by atoms with Crippen LogP contribution in [0.25, 0.3) is 10.8 Å². The Bertz CT molecular complexity index is 898. The number of ether oxygens (including phenoxy) is 2. The topological polar surface area (TPSA) is 108 Å². The number of nitrogens with zero attached hydrogens (tertiary/aromatic N) is 3. The molecule has 0 amide bonds. The van der Waals surface area contributed by atoms with Gasteiger partial charge < -0.3 is 20.9 Å². The predicted molar refractivity (Wildman–Crippen MR) is 108 cm³/mol. The molecular weight excluding hydrogens is 370 g/mol. The summed E-state index contributed by atoms with van der Waals surface area (Å²) in [6.45, 7) is 3.86. The molecule has 2 aromatic rings. The Balaban J connectivity index is 0.00000261. The van der Waals surface area contributed by atoms with E-state index in [4.69, 9.17) is 25.8 Å². The first-order valence-electron chi connectivity index (χ1n) is 8.12. The standard InChI is InChI=1S/C18H23N5O3.ClH/c1-18(2)22-16(19)21-17(20)23(18)26-10-13-12-8-6-5-7-11(12)9-14(24-3)15(13)25-4;/h5-9H,10H2,1-4H3,(H4,19,20,21,22);1H. The van der Waals surface area contributed by atoms with Crippen molar-refractivity contribution in [2.24, 2.45) is 21.5 Å². The molecule has 9 heteroatoms. The maximum Gasteiger partial charge on any atom is 0.226 e. The molecule has 0 unspecified atom stereocenters. The Hall–Kier alpha value is -2.71. The minimum Gasteiger partial charge on any atom is -0.493 e. The number of benzene rings is 2. The number of rotatable bonds is 5. The predicted octanol–water partition coefficient (Wildman–Crippen LogP) is 2.39. The summed E-state index contributed by atoms with van der Waals surface area (Å²) < 4.78 is 11.1. The molecule has 146 valence electrons. The number of guanidine groups is 2. The van der Waals surface area contributed by atoms with Gasteiger partial charge in [0.05, 0.1) is 14.2 Å². The molecule has 0 saturated carbocycles. The number of halogens is 1. The first-order valence-corrected chi connectivity index (χ1v) is 8.12. The Kier molecular flexibility index (Phi) is 6.02. The highest BCUT2D eigenvalue weighted by atomic mass is 35.5. The lowest BCUT2D eigenvalue weighted by atomic mass is 10.0. The van der Waals surface area contributed by atoms with Crippen LogP contribution in [0.15, 0.2) is 40.3 Å². The third-order valence-corrected chi connectivity index (χ3v) is 4.15. The van der Waals surface area contributed by atoms with Crippen LogP contribution in [0.4, 0.5) is 0 Å². The van der Waals surface area contributed by atoms with E-state index in [-0.39, 0.29) is 30.9 Å². The molecule has 0 spiro atoms. The monoisotopic (exact) mass is 393 g/mol. The van der Waals surface area contributed by atoms with E-state index in [1.807, 2.05) is 44.2 Å². The molecule has 0 fully saturated rings. The summed E-state index contributed by atoms with van der Waals surface area (Å²) in [5.74, 6) is 1.51. The van der Waals surface area contributed by atoms with Gasteiger partial charge in [0.25, 0.3) is 0 Å². The van der Waals surface area contributed by atoms with Crippen molar-refractivity contribution >= 4 is 35.1 Å². The van der Waals surface area contributed by atoms with Crippen LogP contribution in [0, 0.1) is 0 Å². The van der Waals surface area contributed by atoms with Gasteiger partial charge in [0, 0.05) is 5.56 Å². The Labute approximate surface area is 164 Å². The van der Waals surface area contributed by atoms with Gasteiger partial charge in [0.1, 0.15) is 6.61 Å². The molecule has 8 nitrogen and oxygen atoms in total. The quantitative estimate of drug-likeness (QED) is 0.807. The van der Waals surface area contributed by atoms with Crippen molar-refractivity contribution in [2.75, 3.05) is 14.2 Å². The molecule has 0 aromatic heterocycles. The number of methoxy groups -OCH3 is 2. The van der Waals surface area contributed by atoms with Gasteiger partial charge in [-0.15, -0.1) is 12.4 Å². The zero-order valence-corrected chi connectivity index (χ0v) is 16.5. The van der Waals surface area contributed by atoms with Crippen LogP contribution in [0.2, 0.25) is 0 Å². The van der Waals surface area contributed by atoms with Crippen LogP contribution in [0.3, 0.4) is 0 Å². The molecule has 1 aliphatic heterocycles. The average Bonchev–Trinajstić information content (AvgIpc) is 2.59. The summed E-state index contributed by atoms with van der Waals surface area (Å²) in [6.07, 6.45) is 0. The highest BCUT2D eigenvalue weighted by Gasteiger charge is 2.33. The second kappa shape index (κ2) is 7.89. The fourth-order valence-electron chi connectivity index (χ4n) is 3.04. The van der Waals surface area contributed by atoms with Gasteiger partial charge in [-0.25, -0.2) is 4.99 Å². The van der Waals surface area contributed by atoms with Crippen molar-refractivity contribution in [2.45, 2.75) is 26.1 Å². The average molecular weight is 394 g/mol. The fraction of sp³-hybridized carbons (Fsp3) is 0.333. The van der Waals surface area contributed by atoms with E-state index in [1.54, 1.807) is 14.2 Å². The largest absolute Gasteiger partial charge is 0.493 e. The Morgan fingerprint density at radius 3 is 2.44 bits per heavy atom. The molecule has 0 radical (unpaired) electrons. The lowest BCUT2D eigenvalue weighted by Crippen LogP contribution is -2.53. The molecule has 0 saturated heterocycles. The van der Waals surface area contributed by atoms with E-state index < -0.39 is 5.66 Å². The number of fused-ring (bicyclic) bond motifs is 1. The first-order chi connectivity index (χ1) is 12.4. The molecule has 0 aliphatic carbocycles. The van der Waals surface area contributed by atoms with E-state index >= 15 is 0 Å². The first kappa shape index (κ1) is 20.6. The number of nitrogens with two attached hydrogens (primary N) is 2. The van der Waals surface area contributed by atoms with Crippen molar-refractivity contribution in [3.05, 3.63) is 35.9 Å². The summed E-state index contributed by atoms with van der Waals surface area (Å²) in [4.78, 5) is 14.2. The zero-order chi connectivity index (χ0) is 18.9. The Morgan fingerprint density at radius 2 is 1.81 bits per heavy atom. The molecular formula is C18H24ClN5O3. The molecule has 1 heterocycles. The van der Waals surface area contributed by atoms with Crippen LogP contribution < -0.4 is 20.9 Å². The third kappa shape index (κ3) is 3.86. The van der Waals surface area contributed by atoms with Gasteiger partial charge in [-0.1, -0.05) is 24.3 Å². The van der Waals surface area contributed by atoms with Crippen molar-refractivity contribution < 1.29 is 14.3 Å². The highest BCUT2D eigenvalue weighted by molar-refractivity contribution is 5.95. The van der Waals surface area contributed by atoms with Crippen molar-refractivity contribution in [1.29, 1.82) is 0 Å². The minimum absolute atomic E-state index is 0. The number of aliphatic imine (C=N–C) groups is 2. The van der Waals surface area contributed by atoms with Gasteiger partial charge in [-0.05, 0) is 30.7 Å². The molecule has 4 N–H and O–H groups in total. The van der Waals surface area contributed by atoms with Crippen LogP contribution in [0.1, 0.15) is 19.4 Å². The minimum atomic E-state index is -0.780. The third-order valence-electron chi connectivity index (χ3n) is 4.15. The zero-order valence-electron chi connectivity index (χ0n) is 15.7. The smallest absolute Gasteiger partial charge is 0.226 e. The van der Waals surface area contributed by atoms with Crippen molar-refractivity contribution in [3.8, 4) is 11.5 Å². The van der Waals surface area contributed by atoms with E-state index in [0.717, 1.165) is 16.3 Å². The van der Waals surface area contributed by atoms with Gasteiger partial charge in [0.2, 0.25) is 11.9 Å². The summed E-state index contributed by atoms with van der Waals surface area (Å²) in [7, 11) is 3.20. The van der Waals surface area contributed by atoms with Gasteiger partial charge in [-0.3, -0.25) is 4.84 Å². The normalized spacial score (nSPS) is 15.6. The molecule has 3 rings (SSSR count). The highest BCUT2D eigenvalue weighted by Crippen LogP contribution is 2.38. The van der Waals surface area contributed by atoms with Gasteiger partial charge in [0.15, 0.2) is 17.2 Å². The van der Waals surface area contributed by atoms with Crippen molar-refractivity contribution in [3.63, 3.8) is 0 Å². The summed E-state index contributed by atoms with van der Waals surface area (Å²) in [6, 6.07) is 9.87. The second-order valence-corrected chi connectivity index (χ2v) is 6.31. The van der Waals surface area contributed by atoms with Gasteiger partial charge >= 0.3 is 0 Å². The summed E-state index contributed by atoms with van der Waals surface area (Å²) >= 11 is 0.